The Balaban J connectivity index is 1.95. The number of benzene rings is 1. The summed E-state index contributed by atoms with van der Waals surface area (Å²) in [7, 11) is 0. The molecule has 0 unspecified atom stereocenters. The molecular weight excluding hydrogens is 270 g/mol. The second-order valence-corrected chi connectivity index (χ2v) is 4.23. The van der Waals surface area contributed by atoms with Crippen LogP contribution in [0, 0.1) is 0 Å². The minimum absolute atomic E-state index is 0.297. The van der Waals surface area contributed by atoms with Gasteiger partial charge in [0, 0.05) is 5.69 Å². The smallest absolute Gasteiger partial charge is 0.341 e. The van der Waals surface area contributed by atoms with Crippen LogP contribution in [0.1, 0.15) is 9.67 Å². The fourth-order valence-electron chi connectivity index (χ4n) is 1.24. The van der Waals surface area contributed by atoms with Gasteiger partial charge in [-0.25, -0.2) is 4.79 Å². The van der Waals surface area contributed by atoms with Crippen LogP contribution in [-0.4, -0.2) is 33.2 Å². The third-order valence-corrected chi connectivity index (χ3v) is 2.72. The zero-order valence-corrected chi connectivity index (χ0v) is 10.4. The first-order chi connectivity index (χ1) is 9.15. The number of rotatable bonds is 5. The molecule has 1 aromatic carbocycles. The molecular formula is C11H9N3O4S. The van der Waals surface area contributed by atoms with Crippen LogP contribution in [0.5, 0.6) is 5.75 Å². The maximum atomic E-state index is 11.7. The van der Waals surface area contributed by atoms with Crippen LogP contribution in [0.2, 0.25) is 0 Å². The molecule has 0 bridgehead atoms. The summed E-state index contributed by atoms with van der Waals surface area (Å²) in [6, 6.07) is 6.38. The molecule has 7 nitrogen and oxygen atoms in total. The number of carboxylic acid groups (broad SMARTS) is 1. The second-order valence-electron chi connectivity index (χ2n) is 3.44. The van der Waals surface area contributed by atoms with Gasteiger partial charge in [-0.05, 0) is 35.8 Å². The summed E-state index contributed by atoms with van der Waals surface area (Å²) in [6.07, 6.45) is 1.38. The van der Waals surface area contributed by atoms with Gasteiger partial charge in [-0.2, -0.15) is 0 Å². The van der Waals surface area contributed by atoms with E-state index < -0.39 is 12.6 Å². The number of carboxylic acids is 1. The van der Waals surface area contributed by atoms with E-state index in [4.69, 9.17) is 9.84 Å². The van der Waals surface area contributed by atoms with E-state index in [1.165, 1.54) is 6.20 Å². The molecule has 19 heavy (non-hydrogen) atoms. The number of nitrogens with zero attached hydrogens (tertiary/aromatic N) is 2. The van der Waals surface area contributed by atoms with Gasteiger partial charge < -0.3 is 15.2 Å². The van der Waals surface area contributed by atoms with Crippen molar-refractivity contribution in [1.29, 1.82) is 0 Å². The molecule has 1 aromatic heterocycles. The Bertz CT molecular complexity index is 568. The molecule has 8 heteroatoms. The second kappa shape index (κ2) is 5.91. The summed E-state index contributed by atoms with van der Waals surface area (Å²) in [5.41, 5.74) is 0.570. The van der Waals surface area contributed by atoms with E-state index in [2.05, 4.69) is 14.9 Å². The molecule has 0 saturated carbocycles. The van der Waals surface area contributed by atoms with Crippen LogP contribution in [0.4, 0.5) is 5.69 Å². The van der Waals surface area contributed by atoms with E-state index in [9.17, 15) is 9.59 Å². The summed E-state index contributed by atoms with van der Waals surface area (Å²) >= 11 is 1.00. The first kappa shape index (κ1) is 13.0. The highest BCUT2D eigenvalue weighted by molar-refractivity contribution is 7.07. The summed E-state index contributed by atoms with van der Waals surface area (Å²) in [6.45, 7) is -0.405. The third-order valence-electron chi connectivity index (χ3n) is 2.06. The van der Waals surface area contributed by atoms with Crippen molar-refractivity contribution in [2.45, 2.75) is 0 Å². The van der Waals surface area contributed by atoms with Crippen molar-refractivity contribution in [1.82, 2.24) is 9.59 Å². The molecule has 0 aliphatic heterocycles. The van der Waals surface area contributed by atoms with Crippen molar-refractivity contribution in [2.75, 3.05) is 11.9 Å². The standard InChI is InChI=1S/C11H9N3O4S/c15-10(16)6-18-8-3-1-7(2-4-8)13-11(17)9-5-12-14-19-9/h1-5H,6H2,(H,13,17)(H,15,16). The first-order valence-electron chi connectivity index (χ1n) is 5.18. The summed E-state index contributed by atoms with van der Waals surface area (Å²) < 4.78 is 8.56. The fraction of sp³-hybridized carbons (Fsp3) is 0.0909. The van der Waals surface area contributed by atoms with Crippen LogP contribution in [0.25, 0.3) is 0 Å². The average molecular weight is 279 g/mol. The van der Waals surface area contributed by atoms with Crippen molar-refractivity contribution in [3.63, 3.8) is 0 Å². The molecule has 0 saturated heterocycles. The molecule has 1 amide bonds. The highest BCUT2D eigenvalue weighted by Gasteiger charge is 2.08. The Hall–Kier alpha value is -2.48. The number of hydrogen-bond acceptors (Lipinski definition) is 6. The van der Waals surface area contributed by atoms with Crippen LogP contribution in [0.3, 0.4) is 0 Å². The molecule has 0 atom stereocenters. The highest BCUT2D eigenvalue weighted by Crippen LogP contribution is 2.16. The number of aliphatic carboxylic acids is 1. The van der Waals surface area contributed by atoms with E-state index in [0.717, 1.165) is 11.5 Å². The number of amides is 1. The number of nitrogens with one attached hydrogen (secondary N) is 1. The van der Waals surface area contributed by atoms with Gasteiger partial charge in [0.2, 0.25) is 0 Å². The number of carbonyl (C=O) groups excluding carboxylic acids is 1. The monoisotopic (exact) mass is 279 g/mol. The van der Waals surface area contributed by atoms with Gasteiger partial charge >= 0.3 is 5.97 Å². The van der Waals surface area contributed by atoms with Crippen LogP contribution >= 0.6 is 11.5 Å². The predicted molar refractivity (Wildman–Crippen MR) is 67.4 cm³/mol. The van der Waals surface area contributed by atoms with Gasteiger partial charge in [0.1, 0.15) is 10.6 Å². The Morgan fingerprint density at radius 3 is 2.63 bits per heavy atom. The number of ether oxygens (including phenoxy) is 1. The molecule has 0 radical (unpaired) electrons. The third kappa shape index (κ3) is 3.75. The molecule has 2 rings (SSSR count). The average Bonchev–Trinajstić information content (AvgIpc) is 2.92. The van der Waals surface area contributed by atoms with Crippen molar-refractivity contribution in [2.24, 2.45) is 0 Å². The molecule has 98 valence electrons. The number of carbonyl (C=O) groups is 2. The van der Waals surface area contributed by atoms with Gasteiger partial charge in [-0.15, -0.1) is 5.10 Å². The molecule has 0 aliphatic carbocycles. The molecule has 0 fully saturated rings. The van der Waals surface area contributed by atoms with E-state index in [-0.39, 0.29) is 5.91 Å². The minimum atomic E-state index is -1.05. The zero-order chi connectivity index (χ0) is 13.7. The Kier molecular flexibility index (Phi) is 4.04. The maximum absolute atomic E-state index is 11.7. The van der Waals surface area contributed by atoms with Crippen LogP contribution in [0.15, 0.2) is 30.5 Å². The quantitative estimate of drug-likeness (QED) is 0.854. The summed E-state index contributed by atoms with van der Waals surface area (Å²) in [5.74, 6) is -0.927. The Morgan fingerprint density at radius 1 is 1.32 bits per heavy atom. The first-order valence-corrected chi connectivity index (χ1v) is 5.96. The van der Waals surface area contributed by atoms with Gasteiger partial charge in [-0.1, -0.05) is 4.49 Å². The summed E-state index contributed by atoms with van der Waals surface area (Å²) in [5, 5.41) is 14.7. The normalized spacial score (nSPS) is 9.89. The lowest BCUT2D eigenvalue weighted by atomic mass is 10.3. The molecule has 2 aromatic rings. The Labute approximate surface area is 112 Å². The molecule has 0 spiro atoms. The van der Waals surface area contributed by atoms with E-state index in [1.807, 2.05) is 0 Å². The number of aromatic nitrogens is 2. The topological polar surface area (TPSA) is 101 Å². The lowest BCUT2D eigenvalue weighted by Gasteiger charge is -2.05. The van der Waals surface area contributed by atoms with E-state index in [1.54, 1.807) is 24.3 Å². The largest absolute Gasteiger partial charge is 0.482 e. The molecule has 1 heterocycles. The molecule has 2 N–H and O–H groups in total. The fourth-order valence-corrected chi connectivity index (χ4v) is 1.65. The van der Waals surface area contributed by atoms with Gasteiger partial charge in [0.25, 0.3) is 5.91 Å². The predicted octanol–water partition coefficient (Wildman–Crippen LogP) is 1.25. The lowest BCUT2D eigenvalue weighted by molar-refractivity contribution is -0.139. The SMILES string of the molecule is O=C(O)COc1ccc(NC(=O)c2cnns2)cc1. The molecule has 0 aliphatic rings. The van der Waals surface area contributed by atoms with Gasteiger partial charge in [0.05, 0.1) is 6.20 Å². The zero-order valence-electron chi connectivity index (χ0n) is 9.57. The highest BCUT2D eigenvalue weighted by atomic mass is 32.1. The van der Waals surface area contributed by atoms with Crippen LogP contribution in [-0.2, 0) is 4.79 Å². The van der Waals surface area contributed by atoms with Gasteiger partial charge in [-0.3, -0.25) is 4.79 Å². The van der Waals surface area contributed by atoms with Crippen molar-refractivity contribution >= 4 is 29.1 Å². The van der Waals surface area contributed by atoms with Crippen molar-refractivity contribution < 1.29 is 19.4 Å². The summed E-state index contributed by atoms with van der Waals surface area (Å²) in [4.78, 5) is 22.4. The number of hydrogen-bond donors (Lipinski definition) is 2. The van der Waals surface area contributed by atoms with Gasteiger partial charge in [0.15, 0.2) is 6.61 Å². The van der Waals surface area contributed by atoms with E-state index >= 15 is 0 Å². The van der Waals surface area contributed by atoms with Crippen molar-refractivity contribution in [3.8, 4) is 5.75 Å². The van der Waals surface area contributed by atoms with E-state index in [0.29, 0.717) is 16.3 Å². The Morgan fingerprint density at radius 2 is 2.05 bits per heavy atom. The van der Waals surface area contributed by atoms with Crippen molar-refractivity contribution in [3.05, 3.63) is 35.3 Å². The van der Waals surface area contributed by atoms with Crippen LogP contribution < -0.4 is 10.1 Å². The minimum Gasteiger partial charge on any atom is -0.482 e. The lowest BCUT2D eigenvalue weighted by Crippen LogP contribution is -2.11. The number of anilines is 1. The maximum Gasteiger partial charge on any atom is 0.341 e.